The van der Waals surface area contributed by atoms with Gasteiger partial charge in [-0.15, -0.1) is 0 Å². The van der Waals surface area contributed by atoms with Crippen molar-refractivity contribution in [2.24, 2.45) is 0 Å². The van der Waals surface area contributed by atoms with Gasteiger partial charge >= 0.3 is 0 Å². The number of para-hydroxylation sites is 2. The fourth-order valence-electron chi connectivity index (χ4n) is 3.58. The number of benzene rings is 2. The molecule has 2 aromatic carbocycles. The number of nitrogens with one attached hydrogen (secondary N) is 1. The highest BCUT2D eigenvalue weighted by Gasteiger charge is 2.42. The molecule has 4 rings (SSSR count). The zero-order valence-corrected chi connectivity index (χ0v) is 15.2. The molecule has 2 atom stereocenters. The maximum Gasteiger partial charge on any atom is 0.270 e. The van der Waals surface area contributed by atoms with Crippen molar-refractivity contribution in [3.05, 3.63) is 66.5 Å². The molecule has 7 heteroatoms. The van der Waals surface area contributed by atoms with Gasteiger partial charge in [0.1, 0.15) is 6.04 Å². The molecule has 1 aliphatic rings. The van der Waals surface area contributed by atoms with Crippen molar-refractivity contribution < 1.29 is 18.3 Å². The Kier molecular flexibility index (Phi) is 5.09. The van der Waals surface area contributed by atoms with Crippen molar-refractivity contribution in [2.75, 3.05) is 13.2 Å². The molecule has 28 heavy (non-hydrogen) atoms. The van der Waals surface area contributed by atoms with Gasteiger partial charge in [0.2, 0.25) is 5.91 Å². The van der Waals surface area contributed by atoms with E-state index in [-0.39, 0.29) is 19.6 Å². The monoisotopic (exact) mass is 385 g/mol. The van der Waals surface area contributed by atoms with Crippen LogP contribution in [0.25, 0.3) is 11.0 Å². The van der Waals surface area contributed by atoms with E-state index in [4.69, 9.17) is 4.74 Å². The molecule has 1 N–H and O–H groups in total. The lowest BCUT2D eigenvalue weighted by Crippen LogP contribution is -2.49. The molecule has 5 nitrogen and oxygen atoms in total. The van der Waals surface area contributed by atoms with Crippen LogP contribution in [0.1, 0.15) is 24.4 Å². The third-order valence-electron chi connectivity index (χ3n) is 5.08. The first kappa shape index (κ1) is 18.6. The fourth-order valence-corrected chi connectivity index (χ4v) is 3.58. The highest BCUT2D eigenvalue weighted by atomic mass is 19.3. The number of amides is 1. The number of carbonyl (C=O) groups excluding carboxylic acids is 1. The van der Waals surface area contributed by atoms with Gasteiger partial charge in [-0.2, -0.15) is 0 Å². The van der Waals surface area contributed by atoms with Crippen molar-refractivity contribution in [3.8, 4) is 0 Å². The molecule has 1 aliphatic heterocycles. The molecule has 1 fully saturated rings. The predicted octanol–water partition coefficient (Wildman–Crippen LogP) is 3.56. The molecule has 0 aliphatic carbocycles. The van der Waals surface area contributed by atoms with Crippen LogP contribution < -0.4 is 5.32 Å². The molecular weight excluding hydrogens is 364 g/mol. The Morgan fingerprint density at radius 1 is 1.14 bits per heavy atom. The molecular formula is C21H21F2N3O2. The smallest absolute Gasteiger partial charge is 0.270 e. The van der Waals surface area contributed by atoms with Crippen LogP contribution in [-0.2, 0) is 9.53 Å². The van der Waals surface area contributed by atoms with E-state index in [1.54, 1.807) is 10.9 Å². The number of hydrogen-bond acceptors (Lipinski definition) is 3. The second-order valence-corrected chi connectivity index (χ2v) is 6.93. The summed E-state index contributed by atoms with van der Waals surface area (Å²) in [6.45, 7) is 0.193. The molecule has 1 aromatic heterocycles. The van der Waals surface area contributed by atoms with Crippen LogP contribution in [-0.4, -0.2) is 40.6 Å². The Hall–Kier alpha value is -2.80. The van der Waals surface area contributed by atoms with Crippen LogP contribution in [0.2, 0.25) is 0 Å². The molecule has 2 unspecified atom stereocenters. The Bertz CT molecular complexity index is 958. The third-order valence-corrected chi connectivity index (χ3v) is 5.08. The summed E-state index contributed by atoms with van der Waals surface area (Å²) in [5.74, 6) is -3.49. The van der Waals surface area contributed by atoms with Crippen molar-refractivity contribution in [1.82, 2.24) is 14.9 Å². The average Bonchev–Trinajstić information content (AvgIpc) is 3.04. The van der Waals surface area contributed by atoms with E-state index in [0.717, 1.165) is 11.0 Å². The van der Waals surface area contributed by atoms with E-state index >= 15 is 0 Å². The number of aromatic nitrogens is 2. The van der Waals surface area contributed by atoms with Crippen LogP contribution in [0, 0.1) is 0 Å². The largest absolute Gasteiger partial charge is 0.381 e. The van der Waals surface area contributed by atoms with E-state index in [2.05, 4.69) is 10.3 Å². The van der Waals surface area contributed by atoms with E-state index in [0.29, 0.717) is 5.56 Å². The number of alkyl halides is 2. The summed E-state index contributed by atoms with van der Waals surface area (Å²) in [6, 6.07) is 14.5. The number of hydrogen-bond donors (Lipinski definition) is 1. The summed E-state index contributed by atoms with van der Waals surface area (Å²) < 4.78 is 35.8. The minimum absolute atomic E-state index is 0.00631. The molecule has 146 valence electrons. The van der Waals surface area contributed by atoms with Crippen molar-refractivity contribution in [2.45, 2.75) is 30.8 Å². The van der Waals surface area contributed by atoms with Crippen LogP contribution in [0.5, 0.6) is 0 Å². The maximum atomic E-state index is 14.4. The molecule has 1 amide bonds. The van der Waals surface area contributed by atoms with Gasteiger partial charge in [-0.3, -0.25) is 4.79 Å². The number of rotatable bonds is 4. The minimum atomic E-state index is -3.01. The molecule has 0 spiro atoms. The van der Waals surface area contributed by atoms with Crippen LogP contribution in [0.3, 0.4) is 0 Å². The van der Waals surface area contributed by atoms with E-state index < -0.39 is 30.3 Å². The summed E-state index contributed by atoms with van der Waals surface area (Å²) >= 11 is 0. The number of fused-ring (bicyclic) bond motifs is 1. The summed E-state index contributed by atoms with van der Waals surface area (Å²) in [6.07, 6.45) is 1.25. The number of halogens is 2. The third kappa shape index (κ3) is 3.62. The number of imidazole rings is 1. The first-order chi connectivity index (χ1) is 13.6. The Balaban J connectivity index is 1.71. The first-order valence-electron chi connectivity index (χ1n) is 9.29. The maximum absolute atomic E-state index is 14.4. The summed E-state index contributed by atoms with van der Waals surface area (Å²) in [4.78, 5) is 17.6. The predicted molar refractivity (Wildman–Crippen MR) is 101 cm³/mol. The van der Waals surface area contributed by atoms with Gasteiger partial charge in [0, 0.05) is 13.0 Å². The molecule has 3 aromatic rings. The van der Waals surface area contributed by atoms with Gasteiger partial charge in [0.05, 0.1) is 30.0 Å². The van der Waals surface area contributed by atoms with Gasteiger partial charge in [0.25, 0.3) is 5.92 Å². The van der Waals surface area contributed by atoms with Gasteiger partial charge in [-0.05, 0) is 24.1 Å². The van der Waals surface area contributed by atoms with Crippen molar-refractivity contribution >= 4 is 16.9 Å². The average molecular weight is 385 g/mol. The van der Waals surface area contributed by atoms with E-state index in [1.165, 1.54) is 0 Å². The molecule has 2 heterocycles. The lowest BCUT2D eigenvalue weighted by atomic mass is 10.0. The lowest BCUT2D eigenvalue weighted by Gasteiger charge is -2.28. The zero-order valence-electron chi connectivity index (χ0n) is 15.2. The molecule has 0 bridgehead atoms. The van der Waals surface area contributed by atoms with E-state index in [1.807, 2.05) is 54.6 Å². The molecule has 1 saturated heterocycles. The lowest BCUT2D eigenvalue weighted by molar-refractivity contribution is -0.128. The highest BCUT2D eigenvalue weighted by molar-refractivity contribution is 5.86. The Morgan fingerprint density at radius 2 is 1.89 bits per heavy atom. The Labute approximate surface area is 161 Å². The van der Waals surface area contributed by atoms with E-state index in [9.17, 15) is 13.6 Å². The van der Waals surface area contributed by atoms with Gasteiger partial charge in [-0.1, -0.05) is 42.5 Å². The quantitative estimate of drug-likeness (QED) is 0.747. The summed E-state index contributed by atoms with van der Waals surface area (Å²) in [5, 5.41) is 2.58. The molecule has 0 saturated carbocycles. The van der Waals surface area contributed by atoms with Crippen LogP contribution in [0.15, 0.2) is 60.9 Å². The number of nitrogens with zero attached hydrogens (tertiary/aromatic N) is 2. The van der Waals surface area contributed by atoms with Crippen molar-refractivity contribution in [3.63, 3.8) is 0 Å². The standard InChI is InChI=1S/C21H21F2N3O2/c22-21(23)11-13-28-12-10-18(21)25-20(27)19(15-6-2-1-3-7-15)26-14-24-16-8-4-5-9-17(16)26/h1-9,14,18-19H,10-13H2,(H,25,27). The Morgan fingerprint density at radius 3 is 2.71 bits per heavy atom. The van der Waals surface area contributed by atoms with Gasteiger partial charge in [-0.25, -0.2) is 13.8 Å². The fraction of sp³-hybridized carbons (Fsp3) is 0.333. The van der Waals surface area contributed by atoms with Crippen molar-refractivity contribution in [1.29, 1.82) is 0 Å². The summed E-state index contributed by atoms with van der Waals surface area (Å²) in [7, 11) is 0. The second kappa shape index (κ2) is 7.67. The number of carbonyl (C=O) groups is 1. The number of ether oxygens (including phenoxy) is 1. The minimum Gasteiger partial charge on any atom is -0.381 e. The summed E-state index contributed by atoms with van der Waals surface area (Å²) in [5.41, 5.74) is 2.21. The van der Waals surface area contributed by atoms with Crippen LogP contribution >= 0.6 is 0 Å². The molecule has 0 radical (unpaired) electrons. The topological polar surface area (TPSA) is 56.1 Å². The highest BCUT2D eigenvalue weighted by Crippen LogP contribution is 2.30. The first-order valence-corrected chi connectivity index (χ1v) is 9.29. The second-order valence-electron chi connectivity index (χ2n) is 6.93. The SMILES string of the molecule is O=C(NC1CCOCCC1(F)F)C(c1ccccc1)n1cnc2ccccc21. The zero-order chi connectivity index (χ0) is 19.6. The van der Waals surface area contributed by atoms with Gasteiger partial charge in [0.15, 0.2) is 0 Å². The van der Waals surface area contributed by atoms with Gasteiger partial charge < -0.3 is 14.6 Å². The normalized spacial score (nSPS) is 20.4. The van der Waals surface area contributed by atoms with Crippen LogP contribution in [0.4, 0.5) is 8.78 Å².